The third kappa shape index (κ3) is 4.45. The molecule has 0 fully saturated rings. The van der Waals surface area contributed by atoms with Crippen LogP contribution >= 0.6 is 0 Å². The van der Waals surface area contributed by atoms with Crippen LogP contribution in [0.1, 0.15) is 40.5 Å². The zero-order chi connectivity index (χ0) is 15.8. The topological polar surface area (TPSA) is 58.2 Å². The zero-order valence-corrected chi connectivity index (χ0v) is 12.6. The molecule has 2 aromatic rings. The summed E-state index contributed by atoms with van der Waals surface area (Å²) in [4.78, 5) is 24.4. The molecule has 4 nitrogen and oxygen atoms in total. The highest BCUT2D eigenvalue weighted by Gasteiger charge is 2.16. The van der Waals surface area contributed by atoms with Gasteiger partial charge in [0.15, 0.2) is 0 Å². The van der Waals surface area contributed by atoms with Crippen molar-refractivity contribution in [2.45, 2.75) is 25.9 Å². The maximum Gasteiger partial charge on any atom is 0.252 e. The van der Waals surface area contributed by atoms with Crippen LogP contribution in [0.15, 0.2) is 60.7 Å². The van der Waals surface area contributed by atoms with E-state index in [1.165, 1.54) is 0 Å². The van der Waals surface area contributed by atoms with Crippen LogP contribution in [0, 0.1) is 0 Å². The Morgan fingerprint density at radius 3 is 1.59 bits per heavy atom. The molecule has 0 saturated heterocycles. The maximum atomic E-state index is 12.2. The quantitative estimate of drug-likeness (QED) is 0.805. The first-order valence-corrected chi connectivity index (χ1v) is 7.42. The van der Waals surface area contributed by atoms with Crippen LogP contribution in [0.2, 0.25) is 0 Å². The van der Waals surface area contributed by atoms with Gasteiger partial charge in [0.05, 0.1) is 0 Å². The van der Waals surface area contributed by atoms with E-state index in [9.17, 15) is 9.59 Å². The first-order valence-electron chi connectivity index (χ1n) is 7.42. The Morgan fingerprint density at radius 2 is 1.23 bits per heavy atom. The average molecular weight is 296 g/mol. The van der Waals surface area contributed by atoms with Gasteiger partial charge in [-0.25, -0.2) is 0 Å². The van der Waals surface area contributed by atoms with Crippen molar-refractivity contribution in [1.82, 2.24) is 10.6 Å². The summed E-state index contributed by atoms with van der Waals surface area (Å²) in [5.41, 5.74) is 1.16. The number of carbonyl (C=O) groups is 2. The van der Waals surface area contributed by atoms with Crippen molar-refractivity contribution in [3.05, 3.63) is 71.8 Å². The molecule has 0 saturated carbocycles. The molecule has 0 spiro atoms. The zero-order valence-electron chi connectivity index (χ0n) is 12.6. The Balaban J connectivity index is 2.01. The summed E-state index contributed by atoms with van der Waals surface area (Å²) in [5, 5.41) is 5.73. The van der Waals surface area contributed by atoms with E-state index < -0.39 is 0 Å². The summed E-state index contributed by atoms with van der Waals surface area (Å²) < 4.78 is 0. The van der Waals surface area contributed by atoms with Gasteiger partial charge in [0.1, 0.15) is 6.17 Å². The first-order chi connectivity index (χ1) is 10.7. The Morgan fingerprint density at radius 1 is 0.818 bits per heavy atom. The number of benzene rings is 2. The lowest BCUT2D eigenvalue weighted by molar-refractivity contribution is 0.0880. The molecule has 2 N–H and O–H groups in total. The summed E-state index contributed by atoms with van der Waals surface area (Å²) in [7, 11) is 0. The van der Waals surface area contributed by atoms with Crippen LogP contribution in [0.25, 0.3) is 0 Å². The molecule has 0 bridgehead atoms. The molecular formula is C18H20N2O2. The van der Waals surface area contributed by atoms with E-state index in [-0.39, 0.29) is 18.0 Å². The lowest BCUT2D eigenvalue weighted by atomic mass is 10.1. The second-order valence-electron chi connectivity index (χ2n) is 5.02. The van der Waals surface area contributed by atoms with Gasteiger partial charge in [-0.15, -0.1) is 0 Å². The van der Waals surface area contributed by atoms with Crippen LogP contribution in [-0.2, 0) is 0 Å². The van der Waals surface area contributed by atoms with Gasteiger partial charge in [0.25, 0.3) is 11.8 Å². The minimum absolute atomic E-state index is 0.188. The van der Waals surface area contributed by atoms with Gasteiger partial charge in [-0.3, -0.25) is 9.59 Å². The SMILES string of the molecule is CCCC(NC(=O)c1ccccc1)NC(=O)c1ccccc1. The van der Waals surface area contributed by atoms with Crippen molar-refractivity contribution >= 4 is 11.8 Å². The third-order valence-electron chi connectivity index (χ3n) is 3.26. The Bertz CT molecular complexity index is 558. The normalized spacial score (nSPS) is 10.3. The van der Waals surface area contributed by atoms with E-state index in [0.717, 1.165) is 6.42 Å². The van der Waals surface area contributed by atoms with Crippen LogP contribution in [-0.4, -0.2) is 18.0 Å². The number of hydrogen-bond donors (Lipinski definition) is 2. The number of hydrogen-bond acceptors (Lipinski definition) is 2. The van der Waals surface area contributed by atoms with E-state index in [0.29, 0.717) is 17.5 Å². The monoisotopic (exact) mass is 296 g/mol. The fraction of sp³-hybridized carbons (Fsp3) is 0.222. The highest BCUT2D eigenvalue weighted by molar-refractivity contribution is 5.96. The molecule has 114 valence electrons. The molecule has 0 heterocycles. The van der Waals surface area contributed by atoms with Gasteiger partial charge in [-0.1, -0.05) is 49.7 Å². The van der Waals surface area contributed by atoms with Crippen LogP contribution in [0.4, 0.5) is 0 Å². The van der Waals surface area contributed by atoms with E-state index >= 15 is 0 Å². The maximum absolute atomic E-state index is 12.2. The minimum atomic E-state index is -0.384. The number of carbonyl (C=O) groups excluding carboxylic acids is 2. The highest BCUT2D eigenvalue weighted by atomic mass is 16.2. The van der Waals surface area contributed by atoms with Gasteiger partial charge < -0.3 is 10.6 Å². The molecule has 0 aliphatic carbocycles. The Kier molecular flexibility index (Phi) is 5.72. The molecule has 0 radical (unpaired) electrons. The van der Waals surface area contributed by atoms with Crippen LogP contribution < -0.4 is 10.6 Å². The molecular weight excluding hydrogens is 276 g/mol. The average Bonchev–Trinajstić information content (AvgIpc) is 2.56. The predicted molar refractivity (Wildman–Crippen MR) is 86.5 cm³/mol. The van der Waals surface area contributed by atoms with Crippen LogP contribution in [0.5, 0.6) is 0 Å². The highest BCUT2D eigenvalue weighted by Crippen LogP contribution is 2.03. The van der Waals surface area contributed by atoms with Crippen molar-refractivity contribution in [3.63, 3.8) is 0 Å². The summed E-state index contributed by atoms with van der Waals surface area (Å²) in [6, 6.07) is 18.0. The third-order valence-corrected chi connectivity index (χ3v) is 3.26. The Hall–Kier alpha value is -2.62. The summed E-state index contributed by atoms with van der Waals surface area (Å²) in [5.74, 6) is -0.375. The fourth-order valence-electron chi connectivity index (χ4n) is 2.13. The second-order valence-corrected chi connectivity index (χ2v) is 5.02. The first kappa shape index (κ1) is 15.8. The minimum Gasteiger partial charge on any atom is -0.332 e. The fourth-order valence-corrected chi connectivity index (χ4v) is 2.13. The summed E-state index contributed by atoms with van der Waals surface area (Å²) in [6.45, 7) is 2.01. The smallest absolute Gasteiger partial charge is 0.252 e. The molecule has 4 heteroatoms. The second kappa shape index (κ2) is 7.98. The van der Waals surface area contributed by atoms with Gasteiger partial charge >= 0.3 is 0 Å². The number of nitrogens with one attached hydrogen (secondary N) is 2. The van der Waals surface area contributed by atoms with E-state index in [4.69, 9.17) is 0 Å². The number of rotatable bonds is 6. The van der Waals surface area contributed by atoms with Crippen LogP contribution in [0.3, 0.4) is 0 Å². The molecule has 0 aliphatic heterocycles. The van der Waals surface area contributed by atoms with Crippen molar-refractivity contribution in [2.24, 2.45) is 0 Å². The molecule has 0 aliphatic rings. The number of amides is 2. The molecule has 0 aromatic heterocycles. The van der Waals surface area contributed by atoms with Crippen molar-refractivity contribution < 1.29 is 9.59 Å². The van der Waals surface area contributed by atoms with Gasteiger partial charge in [-0.05, 0) is 30.7 Å². The largest absolute Gasteiger partial charge is 0.332 e. The van der Waals surface area contributed by atoms with E-state index in [1.54, 1.807) is 24.3 Å². The molecule has 0 atom stereocenters. The molecule has 2 amide bonds. The van der Waals surface area contributed by atoms with E-state index in [1.807, 2.05) is 43.3 Å². The molecule has 0 unspecified atom stereocenters. The van der Waals surface area contributed by atoms with Gasteiger partial charge in [-0.2, -0.15) is 0 Å². The van der Waals surface area contributed by atoms with Crippen molar-refractivity contribution in [2.75, 3.05) is 0 Å². The van der Waals surface area contributed by atoms with Gasteiger partial charge in [0.2, 0.25) is 0 Å². The lowest BCUT2D eigenvalue weighted by Crippen LogP contribution is -2.47. The standard InChI is InChI=1S/C18H20N2O2/c1-2-9-16(19-17(21)14-10-5-3-6-11-14)20-18(22)15-12-7-4-8-13-15/h3-8,10-13,16H,2,9H2,1H3,(H,19,21)(H,20,22). The molecule has 2 aromatic carbocycles. The van der Waals surface area contributed by atoms with Crippen molar-refractivity contribution in [3.8, 4) is 0 Å². The summed E-state index contributed by atoms with van der Waals surface area (Å²) in [6.07, 6.45) is 1.15. The van der Waals surface area contributed by atoms with Crippen molar-refractivity contribution in [1.29, 1.82) is 0 Å². The Labute approximate surface area is 130 Å². The molecule has 2 rings (SSSR count). The lowest BCUT2D eigenvalue weighted by Gasteiger charge is -2.20. The predicted octanol–water partition coefficient (Wildman–Crippen LogP) is 2.97. The molecule has 22 heavy (non-hydrogen) atoms. The van der Waals surface area contributed by atoms with E-state index in [2.05, 4.69) is 10.6 Å². The summed E-state index contributed by atoms with van der Waals surface area (Å²) >= 11 is 0. The van der Waals surface area contributed by atoms with Gasteiger partial charge in [0, 0.05) is 11.1 Å².